The fourth-order valence-corrected chi connectivity index (χ4v) is 1.07. The molecule has 0 aromatic carbocycles. The van der Waals surface area contributed by atoms with E-state index in [1.807, 2.05) is 6.92 Å². The van der Waals surface area contributed by atoms with E-state index in [0.717, 1.165) is 6.07 Å². The van der Waals surface area contributed by atoms with E-state index in [4.69, 9.17) is 0 Å². The maximum absolute atomic E-state index is 11.0. The molecule has 0 aliphatic carbocycles. The molecule has 1 aromatic heterocycles. The number of hydrogen-bond donors (Lipinski definition) is 2. The minimum Gasteiger partial charge on any atom is -0.508 e. The Hall–Kier alpha value is -2.11. The molecular formula is C9H10N2O4. The Morgan fingerprint density at radius 2 is 2.40 bits per heavy atom. The van der Waals surface area contributed by atoms with E-state index < -0.39 is 16.2 Å². The van der Waals surface area contributed by atoms with E-state index in [1.54, 1.807) is 0 Å². The van der Waals surface area contributed by atoms with Crippen molar-refractivity contribution in [3.63, 3.8) is 0 Å². The lowest BCUT2D eigenvalue weighted by atomic mass is 10.2. The number of aliphatic hydroxyl groups is 1. The Kier molecular flexibility index (Phi) is 3.22. The van der Waals surface area contributed by atoms with Crippen molar-refractivity contribution < 1.29 is 10.0 Å². The minimum absolute atomic E-state index is 0.0862. The molecule has 0 saturated heterocycles. The zero-order chi connectivity index (χ0) is 11.4. The first-order valence-corrected chi connectivity index (χ1v) is 4.33. The summed E-state index contributed by atoms with van der Waals surface area (Å²) < 4.78 is 0. The van der Waals surface area contributed by atoms with Crippen molar-refractivity contribution in [2.24, 2.45) is 0 Å². The maximum atomic E-state index is 11.0. The van der Waals surface area contributed by atoms with Crippen LogP contribution in [0.5, 0.6) is 0 Å². The summed E-state index contributed by atoms with van der Waals surface area (Å²) in [6, 6.07) is 1.04. The van der Waals surface area contributed by atoms with Gasteiger partial charge >= 0.3 is 11.2 Å². The van der Waals surface area contributed by atoms with Gasteiger partial charge in [0.15, 0.2) is 0 Å². The first kappa shape index (κ1) is 11.0. The molecule has 6 heteroatoms. The van der Waals surface area contributed by atoms with E-state index in [2.05, 4.69) is 4.98 Å². The number of allylic oxidation sites excluding steroid dienone is 1. The van der Waals surface area contributed by atoms with E-state index >= 15 is 0 Å². The van der Waals surface area contributed by atoms with Crippen LogP contribution < -0.4 is 5.56 Å². The highest BCUT2D eigenvalue weighted by atomic mass is 16.6. The second-order valence-corrected chi connectivity index (χ2v) is 2.86. The highest BCUT2D eigenvalue weighted by Gasteiger charge is 2.13. The second kappa shape index (κ2) is 4.41. The van der Waals surface area contributed by atoms with Gasteiger partial charge in [-0.25, -0.2) is 0 Å². The SMILES string of the molecule is CC/C=C(\O)c1c[nH]c(=O)c([N+](=O)[O-])c1. The van der Waals surface area contributed by atoms with Crippen molar-refractivity contribution in [2.75, 3.05) is 0 Å². The molecule has 15 heavy (non-hydrogen) atoms. The molecular weight excluding hydrogens is 200 g/mol. The van der Waals surface area contributed by atoms with Gasteiger partial charge in [-0.15, -0.1) is 0 Å². The number of aliphatic hydroxyl groups excluding tert-OH is 1. The van der Waals surface area contributed by atoms with Gasteiger partial charge in [0.05, 0.1) is 4.92 Å². The Bertz CT molecular complexity index is 461. The van der Waals surface area contributed by atoms with E-state index in [9.17, 15) is 20.0 Å². The number of nitrogens with one attached hydrogen (secondary N) is 1. The highest BCUT2D eigenvalue weighted by Crippen LogP contribution is 2.13. The summed E-state index contributed by atoms with van der Waals surface area (Å²) in [6.45, 7) is 1.82. The van der Waals surface area contributed by atoms with Crippen LogP contribution in [0.1, 0.15) is 18.9 Å². The molecule has 1 heterocycles. The summed E-state index contributed by atoms with van der Waals surface area (Å²) in [4.78, 5) is 22.8. The van der Waals surface area contributed by atoms with Crippen molar-refractivity contribution in [3.8, 4) is 0 Å². The lowest BCUT2D eigenvalue weighted by molar-refractivity contribution is -0.386. The summed E-state index contributed by atoms with van der Waals surface area (Å²) >= 11 is 0. The Morgan fingerprint density at radius 3 is 2.93 bits per heavy atom. The van der Waals surface area contributed by atoms with Crippen LogP contribution in [0.25, 0.3) is 5.76 Å². The number of H-pyrrole nitrogens is 1. The average molecular weight is 210 g/mol. The number of hydrogen-bond acceptors (Lipinski definition) is 4. The zero-order valence-electron chi connectivity index (χ0n) is 8.06. The van der Waals surface area contributed by atoms with Gasteiger partial charge in [0, 0.05) is 17.8 Å². The Morgan fingerprint density at radius 1 is 1.73 bits per heavy atom. The maximum Gasteiger partial charge on any atom is 0.334 e. The van der Waals surface area contributed by atoms with Crippen LogP contribution in [-0.4, -0.2) is 15.0 Å². The van der Waals surface area contributed by atoms with Gasteiger partial charge in [-0.05, 0) is 12.5 Å². The number of rotatable bonds is 3. The molecule has 1 aromatic rings. The fourth-order valence-electron chi connectivity index (χ4n) is 1.07. The van der Waals surface area contributed by atoms with Gasteiger partial charge in [-0.3, -0.25) is 14.9 Å². The molecule has 0 unspecified atom stereocenters. The lowest BCUT2D eigenvalue weighted by Crippen LogP contribution is -2.11. The minimum atomic E-state index is -0.790. The van der Waals surface area contributed by atoms with Crippen molar-refractivity contribution in [1.29, 1.82) is 0 Å². The Balaban J connectivity index is 3.25. The van der Waals surface area contributed by atoms with E-state index in [-0.39, 0.29) is 11.3 Å². The molecule has 0 atom stereocenters. The predicted molar refractivity (Wildman–Crippen MR) is 54.6 cm³/mol. The lowest BCUT2D eigenvalue weighted by Gasteiger charge is -1.98. The van der Waals surface area contributed by atoms with Gasteiger partial charge in [0.25, 0.3) is 0 Å². The van der Waals surface area contributed by atoms with Crippen molar-refractivity contribution in [2.45, 2.75) is 13.3 Å². The van der Waals surface area contributed by atoms with Crippen molar-refractivity contribution in [3.05, 3.63) is 44.4 Å². The average Bonchev–Trinajstić information content (AvgIpc) is 2.18. The molecule has 0 radical (unpaired) electrons. The van der Waals surface area contributed by atoms with Crippen LogP contribution in [-0.2, 0) is 0 Å². The molecule has 1 rings (SSSR count). The molecule has 6 nitrogen and oxygen atoms in total. The standard InChI is InChI=1S/C9H10N2O4/c1-2-3-8(12)6-4-7(11(14)15)9(13)10-5-6/h3-5,12H,2H2,1H3,(H,10,13)/b8-3-. The number of aromatic nitrogens is 1. The van der Waals surface area contributed by atoms with E-state index in [0.29, 0.717) is 6.42 Å². The summed E-state index contributed by atoms with van der Waals surface area (Å²) in [7, 11) is 0. The third-order valence-corrected chi connectivity index (χ3v) is 1.77. The smallest absolute Gasteiger partial charge is 0.334 e. The van der Waals surface area contributed by atoms with Gasteiger partial charge in [0.2, 0.25) is 0 Å². The van der Waals surface area contributed by atoms with Crippen LogP contribution >= 0.6 is 0 Å². The fraction of sp³-hybridized carbons (Fsp3) is 0.222. The first-order valence-electron chi connectivity index (χ1n) is 4.33. The normalized spacial score (nSPS) is 11.4. The van der Waals surface area contributed by atoms with Gasteiger partial charge < -0.3 is 10.1 Å². The highest BCUT2D eigenvalue weighted by molar-refractivity contribution is 5.59. The quantitative estimate of drug-likeness (QED) is 0.449. The summed E-state index contributed by atoms with van der Waals surface area (Å²) in [5.74, 6) is -0.0862. The van der Waals surface area contributed by atoms with Crippen LogP contribution in [0, 0.1) is 10.1 Å². The molecule has 80 valence electrons. The van der Waals surface area contributed by atoms with Crippen LogP contribution in [0.15, 0.2) is 23.1 Å². The Labute approximate surface area is 85.0 Å². The largest absolute Gasteiger partial charge is 0.508 e. The summed E-state index contributed by atoms with van der Waals surface area (Å²) in [5, 5.41) is 19.9. The van der Waals surface area contributed by atoms with E-state index in [1.165, 1.54) is 12.3 Å². The molecule has 0 amide bonds. The second-order valence-electron chi connectivity index (χ2n) is 2.86. The molecule has 0 saturated carbocycles. The first-order chi connectivity index (χ1) is 7.06. The monoisotopic (exact) mass is 210 g/mol. The van der Waals surface area contributed by atoms with Crippen LogP contribution in [0.3, 0.4) is 0 Å². The topological polar surface area (TPSA) is 96.2 Å². The van der Waals surface area contributed by atoms with Crippen molar-refractivity contribution in [1.82, 2.24) is 4.98 Å². The third kappa shape index (κ3) is 2.43. The third-order valence-electron chi connectivity index (χ3n) is 1.77. The van der Waals surface area contributed by atoms with Crippen LogP contribution in [0.4, 0.5) is 5.69 Å². The zero-order valence-corrected chi connectivity index (χ0v) is 8.06. The number of nitrogens with zero attached hydrogens (tertiary/aromatic N) is 1. The molecule has 0 aliphatic heterocycles. The van der Waals surface area contributed by atoms with Gasteiger partial charge in [0.1, 0.15) is 5.76 Å². The summed E-state index contributed by atoms with van der Waals surface area (Å²) in [6.07, 6.45) is 3.33. The molecule has 2 N–H and O–H groups in total. The van der Waals surface area contributed by atoms with Gasteiger partial charge in [-0.2, -0.15) is 0 Å². The van der Waals surface area contributed by atoms with Crippen molar-refractivity contribution >= 4 is 11.4 Å². The molecule has 0 fully saturated rings. The molecule has 0 aliphatic rings. The number of nitro groups is 1. The number of aromatic amines is 1. The number of pyridine rings is 1. The molecule has 0 bridgehead atoms. The van der Waals surface area contributed by atoms with Crippen LogP contribution in [0.2, 0.25) is 0 Å². The summed E-state index contributed by atoms with van der Waals surface area (Å²) in [5.41, 5.74) is -1.14. The molecule has 0 spiro atoms. The predicted octanol–water partition coefficient (Wildman–Crippen LogP) is 1.59. The van der Waals surface area contributed by atoms with Gasteiger partial charge in [-0.1, -0.05) is 6.92 Å².